The van der Waals surface area contributed by atoms with E-state index in [0.717, 1.165) is 16.7 Å². The standard InChI is InChI=1S/C39H27ClO4/c1-26-2-4-29(5-3-26)38(41)31-12-22-36(23-13-31)43-34-18-8-27(9-19-34)28-10-20-35(21-11-28)44-37-24-14-32(15-25-37)39(42)30-6-16-33(40)17-7-30/h2-25H,1H3. The van der Waals surface area contributed by atoms with Gasteiger partial charge in [0, 0.05) is 27.3 Å². The number of carbonyl (C=O) groups excluding carboxylic acids is 2. The molecule has 4 nitrogen and oxygen atoms in total. The Morgan fingerprint density at radius 2 is 0.682 bits per heavy atom. The van der Waals surface area contributed by atoms with E-state index in [1.807, 2.05) is 79.7 Å². The maximum atomic E-state index is 12.7. The third kappa shape index (κ3) is 6.78. The molecule has 6 rings (SSSR count). The fraction of sp³-hybridized carbons (Fsp3) is 0.0256. The van der Waals surface area contributed by atoms with Gasteiger partial charge in [-0.2, -0.15) is 0 Å². The molecule has 0 fully saturated rings. The lowest BCUT2D eigenvalue weighted by Gasteiger charge is -2.10. The minimum absolute atomic E-state index is 0.0167. The highest BCUT2D eigenvalue weighted by Crippen LogP contribution is 2.29. The van der Waals surface area contributed by atoms with Crippen LogP contribution in [-0.2, 0) is 0 Å². The molecule has 0 saturated carbocycles. The lowest BCUT2D eigenvalue weighted by molar-refractivity contribution is 0.103. The van der Waals surface area contributed by atoms with Crippen molar-refractivity contribution < 1.29 is 19.1 Å². The zero-order valence-electron chi connectivity index (χ0n) is 23.9. The Labute approximate surface area is 261 Å². The largest absolute Gasteiger partial charge is 0.457 e. The summed E-state index contributed by atoms with van der Waals surface area (Å²) in [6, 6.07) is 44.3. The summed E-state index contributed by atoms with van der Waals surface area (Å²) in [7, 11) is 0. The molecule has 5 heteroatoms. The first kappa shape index (κ1) is 28.7. The van der Waals surface area contributed by atoms with Crippen LogP contribution < -0.4 is 9.47 Å². The van der Waals surface area contributed by atoms with Crippen molar-refractivity contribution in [2.45, 2.75) is 6.92 Å². The van der Waals surface area contributed by atoms with Crippen LogP contribution in [0.25, 0.3) is 11.1 Å². The number of carbonyl (C=O) groups is 2. The summed E-state index contributed by atoms with van der Waals surface area (Å²) in [4.78, 5) is 25.4. The highest BCUT2D eigenvalue weighted by Gasteiger charge is 2.11. The number of aryl methyl sites for hydroxylation is 1. The van der Waals surface area contributed by atoms with Crippen LogP contribution in [0.1, 0.15) is 37.4 Å². The van der Waals surface area contributed by atoms with Crippen molar-refractivity contribution >= 4 is 23.2 Å². The minimum atomic E-state index is -0.0720. The van der Waals surface area contributed by atoms with Crippen molar-refractivity contribution in [3.63, 3.8) is 0 Å². The molecule has 0 N–H and O–H groups in total. The molecule has 0 radical (unpaired) electrons. The summed E-state index contributed by atoms with van der Waals surface area (Å²) >= 11 is 5.93. The normalized spacial score (nSPS) is 10.7. The molecule has 214 valence electrons. The number of hydrogen-bond donors (Lipinski definition) is 0. The summed E-state index contributed by atoms with van der Waals surface area (Å²) in [5.41, 5.74) is 5.63. The van der Waals surface area contributed by atoms with Gasteiger partial charge in [0.2, 0.25) is 0 Å². The first-order chi connectivity index (χ1) is 21.4. The van der Waals surface area contributed by atoms with Gasteiger partial charge in [0.25, 0.3) is 0 Å². The predicted molar refractivity (Wildman–Crippen MR) is 174 cm³/mol. The Morgan fingerprint density at radius 3 is 1.02 bits per heavy atom. The summed E-state index contributed by atoms with van der Waals surface area (Å²) in [6.45, 7) is 2.00. The van der Waals surface area contributed by atoms with E-state index >= 15 is 0 Å². The second kappa shape index (κ2) is 12.8. The molecule has 0 aliphatic rings. The van der Waals surface area contributed by atoms with Gasteiger partial charge in [0.15, 0.2) is 11.6 Å². The monoisotopic (exact) mass is 594 g/mol. The summed E-state index contributed by atoms with van der Waals surface area (Å²) in [5, 5.41) is 0.592. The van der Waals surface area contributed by atoms with Gasteiger partial charge in [0.05, 0.1) is 0 Å². The second-order valence-electron chi connectivity index (χ2n) is 10.3. The van der Waals surface area contributed by atoms with Gasteiger partial charge in [-0.25, -0.2) is 0 Å². The fourth-order valence-corrected chi connectivity index (χ4v) is 4.82. The van der Waals surface area contributed by atoms with Crippen LogP contribution >= 0.6 is 11.6 Å². The van der Waals surface area contributed by atoms with Crippen LogP contribution in [0.15, 0.2) is 146 Å². The molecular formula is C39H27ClO4. The van der Waals surface area contributed by atoms with Crippen molar-refractivity contribution in [2.75, 3.05) is 0 Å². The molecule has 0 atom stereocenters. The average Bonchev–Trinajstić information content (AvgIpc) is 3.06. The highest BCUT2D eigenvalue weighted by molar-refractivity contribution is 6.30. The average molecular weight is 595 g/mol. The van der Waals surface area contributed by atoms with Gasteiger partial charge in [-0.15, -0.1) is 0 Å². The number of halogens is 1. The SMILES string of the molecule is Cc1ccc(C(=O)c2ccc(Oc3ccc(-c4ccc(Oc5ccc(C(=O)c6ccc(Cl)cc6)cc5)cc4)cc3)cc2)cc1. The summed E-state index contributed by atoms with van der Waals surface area (Å²) in [5.74, 6) is 2.59. The van der Waals surface area contributed by atoms with Crippen molar-refractivity contribution in [3.05, 3.63) is 178 Å². The van der Waals surface area contributed by atoms with Gasteiger partial charge >= 0.3 is 0 Å². The van der Waals surface area contributed by atoms with Gasteiger partial charge in [-0.1, -0.05) is 65.7 Å². The van der Waals surface area contributed by atoms with E-state index in [4.69, 9.17) is 21.1 Å². The van der Waals surface area contributed by atoms with Gasteiger partial charge < -0.3 is 9.47 Å². The molecule has 0 spiro atoms. The number of benzene rings is 6. The Hall–Kier alpha value is -5.45. The lowest BCUT2D eigenvalue weighted by Crippen LogP contribution is -2.00. The van der Waals surface area contributed by atoms with Crippen molar-refractivity contribution in [1.29, 1.82) is 0 Å². The molecule has 6 aromatic rings. The Kier molecular flexibility index (Phi) is 8.35. The van der Waals surface area contributed by atoms with Gasteiger partial charge in [-0.05, 0) is 115 Å². The predicted octanol–water partition coefficient (Wildman–Crippen LogP) is 10.4. The van der Waals surface area contributed by atoms with E-state index in [2.05, 4.69) is 0 Å². The topological polar surface area (TPSA) is 52.6 Å². The molecule has 0 bridgehead atoms. The van der Waals surface area contributed by atoms with E-state index < -0.39 is 0 Å². The van der Waals surface area contributed by atoms with Crippen molar-refractivity contribution in [3.8, 4) is 34.1 Å². The zero-order chi connectivity index (χ0) is 30.5. The Balaban J connectivity index is 1.05. The molecule has 0 saturated heterocycles. The molecular weight excluding hydrogens is 568 g/mol. The quantitative estimate of drug-likeness (QED) is 0.156. The number of ether oxygens (including phenoxy) is 2. The maximum Gasteiger partial charge on any atom is 0.193 e. The Bertz CT molecular complexity index is 1750. The first-order valence-corrected chi connectivity index (χ1v) is 14.5. The summed E-state index contributed by atoms with van der Waals surface area (Å²) in [6.07, 6.45) is 0. The molecule has 0 heterocycles. The second-order valence-corrected chi connectivity index (χ2v) is 10.8. The molecule has 44 heavy (non-hydrogen) atoms. The van der Waals surface area contributed by atoms with E-state index in [-0.39, 0.29) is 11.6 Å². The molecule has 0 amide bonds. The van der Waals surface area contributed by atoms with E-state index in [1.54, 1.807) is 72.8 Å². The van der Waals surface area contributed by atoms with E-state index in [9.17, 15) is 9.59 Å². The van der Waals surface area contributed by atoms with Gasteiger partial charge in [0.1, 0.15) is 23.0 Å². The lowest BCUT2D eigenvalue weighted by atomic mass is 10.0. The molecule has 0 aliphatic carbocycles. The van der Waals surface area contributed by atoms with Gasteiger partial charge in [-0.3, -0.25) is 9.59 Å². The Morgan fingerprint density at radius 1 is 0.409 bits per heavy atom. The summed E-state index contributed by atoms with van der Waals surface area (Å²) < 4.78 is 12.0. The molecule has 0 unspecified atom stereocenters. The molecule has 6 aromatic carbocycles. The van der Waals surface area contributed by atoms with Crippen LogP contribution in [0.5, 0.6) is 23.0 Å². The number of rotatable bonds is 9. The van der Waals surface area contributed by atoms with E-state index in [0.29, 0.717) is 50.3 Å². The highest BCUT2D eigenvalue weighted by atomic mass is 35.5. The van der Waals surface area contributed by atoms with Crippen molar-refractivity contribution in [2.24, 2.45) is 0 Å². The van der Waals surface area contributed by atoms with Crippen molar-refractivity contribution in [1.82, 2.24) is 0 Å². The van der Waals surface area contributed by atoms with Crippen LogP contribution in [-0.4, -0.2) is 11.6 Å². The third-order valence-electron chi connectivity index (χ3n) is 7.17. The third-order valence-corrected chi connectivity index (χ3v) is 7.42. The fourth-order valence-electron chi connectivity index (χ4n) is 4.69. The number of hydrogen-bond acceptors (Lipinski definition) is 4. The van der Waals surface area contributed by atoms with Crippen LogP contribution in [0.2, 0.25) is 5.02 Å². The first-order valence-electron chi connectivity index (χ1n) is 14.1. The molecule has 0 aliphatic heterocycles. The van der Waals surface area contributed by atoms with E-state index in [1.165, 1.54) is 0 Å². The van der Waals surface area contributed by atoms with Crippen LogP contribution in [0, 0.1) is 6.92 Å². The van der Waals surface area contributed by atoms with Crippen LogP contribution in [0.4, 0.5) is 0 Å². The maximum absolute atomic E-state index is 12.7. The van der Waals surface area contributed by atoms with Crippen LogP contribution in [0.3, 0.4) is 0 Å². The minimum Gasteiger partial charge on any atom is -0.457 e. The number of ketones is 2. The smallest absolute Gasteiger partial charge is 0.193 e. The molecule has 0 aromatic heterocycles. The zero-order valence-corrected chi connectivity index (χ0v) is 24.6.